The number of anilines is 1. The van der Waals surface area contributed by atoms with Gasteiger partial charge in [0, 0.05) is 22.8 Å². The van der Waals surface area contributed by atoms with Gasteiger partial charge in [-0.05, 0) is 37.1 Å². The van der Waals surface area contributed by atoms with Gasteiger partial charge in [0.2, 0.25) is 0 Å². The molecule has 128 valence electrons. The second kappa shape index (κ2) is 7.36. The van der Waals surface area contributed by atoms with Crippen molar-refractivity contribution in [2.24, 2.45) is 0 Å². The van der Waals surface area contributed by atoms with Gasteiger partial charge in [-0.15, -0.1) is 0 Å². The quantitative estimate of drug-likeness (QED) is 0.746. The lowest BCUT2D eigenvalue weighted by Crippen LogP contribution is -2.29. The number of halogens is 1. The van der Waals surface area contributed by atoms with Crippen LogP contribution < -0.4 is 10.6 Å². The summed E-state index contributed by atoms with van der Waals surface area (Å²) in [6.45, 7) is 4.19. The molecule has 1 aromatic heterocycles. The number of aromatic nitrogens is 3. The van der Waals surface area contributed by atoms with Crippen LogP contribution in [0.15, 0.2) is 49.1 Å². The lowest BCUT2D eigenvalue weighted by atomic mass is 10.1. The number of urea groups is 1. The van der Waals surface area contributed by atoms with E-state index < -0.39 is 0 Å². The molecule has 2 N–H and O–H groups in total. The molecule has 3 rings (SSSR count). The molecule has 0 aliphatic heterocycles. The number of hydrogen-bond donors (Lipinski definition) is 2. The first-order valence-electron chi connectivity index (χ1n) is 7.79. The summed E-state index contributed by atoms with van der Waals surface area (Å²) in [7, 11) is 0. The summed E-state index contributed by atoms with van der Waals surface area (Å²) in [5.74, 6) is 0. The molecule has 0 aliphatic carbocycles. The Morgan fingerprint density at radius 2 is 1.88 bits per heavy atom. The van der Waals surface area contributed by atoms with Crippen LogP contribution in [0.2, 0.25) is 5.02 Å². The molecule has 0 saturated heterocycles. The van der Waals surface area contributed by atoms with E-state index >= 15 is 0 Å². The third-order valence-corrected chi connectivity index (χ3v) is 4.26. The number of hydrogen-bond acceptors (Lipinski definition) is 3. The highest BCUT2D eigenvalue weighted by Crippen LogP contribution is 2.23. The predicted octanol–water partition coefficient (Wildman–Crippen LogP) is 3.86. The molecule has 3 aromatic rings. The average Bonchev–Trinajstić information content (AvgIpc) is 3.11. The van der Waals surface area contributed by atoms with E-state index in [2.05, 4.69) is 20.7 Å². The van der Waals surface area contributed by atoms with Gasteiger partial charge in [-0.2, -0.15) is 5.10 Å². The third kappa shape index (κ3) is 3.80. The molecular weight excluding hydrogens is 338 g/mol. The zero-order valence-corrected chi connectivity index (χ0v) is 14.7. The van der Waals surface area contributed by atoms with Crippen molar-refractivity contribution in [2.75, 3.05) is 5.32 Å². The number of nitrogens with one attached hydrogen (secondary N) is 2. The molecule has 0 atom stereocenters. The lowest BCUT2D eigenvalue weighted by Gasteiger charge is -2.14. The number of carbonyl (C=O) groups excluding carboxylic acids is 1. The first-order chi connectivity index (χ1) is 12.1. The van der Waals surface area contributed by atoms with E-state index in [1.807, 2.05) is 44.2 Å². The molecule has 7 heteroatoms. The molecule has 25 heavy (non-hydrogen) atoms. The highest BCUT2D eigenvalue weighted by molar-refractivity contribution is 6.31. The molecule has 2 amide bonds. The highest BCUT2D eigenvalue weighted by Gasteiger charge is 2.12. The van der Waals surface area contributed by atoms with Crippen LogP contribution in [0.1, 0.15) is 16.7 Å². The van der Waals surface area contributed by atoms with E-state index in [4.69, 9.17) is 11.6 Å². The first-order valence-corrected chi connectivity index (χ1v) is 8.17. The summed E-state index contributed by atoms with van der Waals surface area (Å²) in [4.78, 5) is 16.2. The van der Waals surface area contributed by atoms with Gasteiger partial charge in [0.15, 0.2) is 0 Å². The Morgan fingerprint density at radius 3 is 2.56 bits per heavy atom. The largest absolute Gasteiger partial charge is 0.334 e. The van der Waals surface area contributed by atoms with Crippen LogP contribution in [-0.4, -0.2) is 20.8 Å². The summed E-state index contributed by atoms with van der Waals surface area (Å²) in [5, 5.41) is 10.4. The van der Waals surface area contributed by atoms with E-state index in [1.165, 1.54) is 6.33 Å². The van der Waals surface area contributed by atoms with Gasteiger partial charge < -0.3 is 10.6 Å². The van der Waals surface area contributed by atoms with Crippen LogP contribution >= 0.6 is 11.6 Å². The molecule has 0 fully saturated rings. The summed E-state index contributed by atoms with van der Waals surface area (Å²) in [6.07, 6.45) is 3.04. The number of nitrogens with zero attached hydrogens (tertiary/aromatic N) is 3. The van der Waals surface area contributed by atoms with Gasteiger partial charge >= 0.3 is 6.03 Å². The van der Waals surface area contributed by atoms with Gasteiger partial charge in [-0.1, -0.05) is 35.9 Å². The maximum atomic E-state index is 12.3. The minimum absolute atomic E-state index is 0.269. The zero-order valence-electron chi connectivity index (χ0n) is 14.0. The van der Waals surface area contributed by atoms with E-state index in [-0.39, 0.29) is 12.6 Å². The van der Waals surface area contributed by atoms with Crippen molar-refractivity contribution in [1.82, 2.24) is 20.1 Å². The molecule has 0 aliphatic rings. The average molecular weight is 356 g/mol. The van der Waals surface area contributed by atoms with Gasteiger partial charge in [0.25, 0.3) is 0 Å². The van der Waals surface area contributed by atoms with E-state index in [0.717, 1.165) is 28.1 Å². The number of rotatable bonds is 4. The molecule has 1 heterocycles. The van der Waals surface area contributed by atoms with Crippen LogP contribution in [0.25, 0.3) is 5.69 Å². The Balaban J connectivity index is 1.75. The Kier molecular flexibility index (Phi) is 5.00. The van der Waals surface area contributed by atoms with Crippen molar-refractivity contribution in [2.45, 2.75) is 20.4 Å². The van der Waals surface area contributed by atoms with Crippen molar-refractivity contribution in [3.8, 4) is 5.69 Å². The Labute approximate surface area is 150 Å². The van der Waals surface area contributed by atoms with Crippen molar-refractivity contribution in [1.29, 1.82) is 0 Å². The number of aryl methyl sites for hydroxylation is 2. The number of para-hydroxylation sites is 1. The SMILES string of the molecule is Cc1cccc(C)c1NC(=O)NCc1c(Cl)cccc1-n1cncn1. The van der Waals surface area contributed by atoms with Crippen molar-refractivity contribution < 1.29 is 4.79 Å². The van der Waals surface area contributed by atoms with Crippen molar-refractivity contribution in [3.05, 3.63) is 70.8 Å². The molecule has 0 spiro atoms. The second-order valence-electron chi connectivity index (χ2n) is 5.65. The van der Waals surface area contributed by atoms with Crippen LogP contribution in [0.4, 0.5) is 10.5 Å². The molecule has 0 unspecified atom stereocenters. The molecular formula is C18H18ClN5O. The van der Waals surface area contributed by atoms with Gasteiger partial charge in [0.1, 0.15) is 12.7 Å². The molecule has 0 bridgehead atoms. The normalized spacial score (nSPS) is 10.5. The van der Waals surface area contributed by atoms with E-state index in [1.54, 1.807) is 17.1 Å². The maximum Gasteiger partial charge on any atom is 0.319 e. The minimum Gasteiger partial charge on any atom is -0.334 e. The van der Waals surface area contributed by atoms with Gasteiger partial charge in [0.05, 0.1) is 5.69 Å². The molecule has 2 aromatic carbocycles. The third-order valence-electron chi connectivity index (χ3n) is 3.91. The number of amides is 2. The van der Waals surface area contributed by atoms with Crippen LogP contribution in [0, 0.1) is 13.8 Å². The summed E-state index contributed by atoms with van der Waals surface area (Å²) < 4.78 is 1.62. The van der Waals surface area contributed by atoms with Crippen LogP contribution in [0.3, 0.4) is 0 Å². The fraction of sp³-hybridized carbons (Fsp3) is 0.167. The van der Waals surface area contributed by atoms with Crippen LogP contribution in [-0.2, 0) is 6.54 Å². The summed E-state index contributed by atoms with van der Waals surface area (Å²) in [5.41, 5.74) is 4.38. The Bertz CT molecular complexity index is 872. The smallest absolute Gasteiger partial charge is 0.319 e. The summed E-state index contributed by atoms with van der Waals surface area (Å²) in [6, 6.07) is 11.1. The fourth-order valence-corrected chi connectivity index (χ4v) is 2.84. The van der Waals surface area contributed by atoms with Crippen molar-refractivity contribution >= 4 is 23.3 Å². The number of benzene rings is 2. The monoisotopic (exact) mass is 355 g/mol. The fourth-order valence-electron chi connectivity index (χ4n) is 2.61. The van der Waals surface area contributed by atoms with E-state index in [0.29, 0.717) is 5.02 Å². The topological polar surface area (TPSA) is 71.8 Å². The first kappa shape index (κ1) is 17.0. The lowest BCUT2D eigenvalue weighted by molar-refractivity contribution is 0.251. The minimum atomic E-state index is -0.290. The molecule has 0 saturated carbocycles. The Morgan fingerprint density at radius 1 is 1.16 bits per heavy atom. The Hall–Kier alpha value is -2.86. The summed E-state index contributed by atoms with van der Waals surface area (Å²) >= 11 is 6.31. The zero-order chi connectivity index (χ0) is 17.8. The highest BCUT2D eigenvalue weighted by atomic mass is 35.5. The van der Waals surface area contributed by atoms with Gasteiger partial charge in [-0.3, -0.25) is 0 Å². The number of carbonyl (C=O) groups is 1. The van der Waals surface area contributed by atoms with Gasteiger partial charge in [-0.25, -0.2) is 14.5 Å². The maximum absolute atomic E-state index is 12.3. The van der Waals surface area contributed by atoms with E-state index in [9.17, 15) is 4.79 Å². The molecule has 0 radical (unpaired) electrons. The second-order valence-corrected chi connectivity index (χ2v) is 6.06. The van der Waals surface area contributed by atoms with Crippen LogP contribution in [0.5, 0.6) is 0 Å². The molecule has 6 nitrogen and oxygen atoms in total. The standard InChI is InChI=1S/C18H18ClN5O/c1-12-5-3-6-13(2)17(12)23-18(25)21-9-14-15(19)7-4-8-16(14)24-11-20-10-22-24/h3-8,10-11H,9H2,1-2H3,(H2,21,23,25). The predicted molar refractivity (Wildman–Crippen MR) is 98.1 cm³/mol. The van der Waals surface area contributed by atoms with Crippen molar-refractivity contribution in [3.63, 3.8) is 0 Å².